The second kappa shape index (κ2) is 4.58. The standard InChI is InChI=1S/C13H22O4/c1-5-13(3,4)15-12(14)9-6-7-10-8(2)11(9)17-16-10/h8-11H,5-7H2,1-4H3. The zero-order chi connectivity index (χ0) is 12.6. The van der Waals surface area contributed by atoms with Crippen LogP contribution in [0.4, 0.5) is 0 Å². The third kappa shape index (κ3) is 2.47. The Kier molecular flexibility index (Phi) is 3.46. The Bertz CT molecular complexity index is 300. The van der Waals surface area contributed by atoms with E-state index in [1.807, 2.05) is 20.8 Å². The number of ether oxygens (including phenoxy) is 1. The maximum atomic E-state index is 12.1. The minimum Gasteiger partial charge on any atom is -0.459 e. The Morgan fingerprint density at radius 2 is 2.06 bits per heavy atom. The second-order valence-corrected chi connectivity index (χ2v) is 5.77. The Labute approximate surface area is 103 Å². The number of rotatable bonds is 3. The molecule has 2 bridgehead atoms. The summed E-state index contributed by atoms with van der Waals surface area (Å²) in [4.78, 5) is 22.6. The number of carbonyl (C=O) groups excluding carboxylic acids is 1. The SMILES string of the molecule is CCC(C)(C)OC(=O)C1CCC2OOC1C2C. The van der Waals surface area contributed by atoms with E-state index in [1.54, 1.807) is 0 Å². The molecule has 4 atom stereocenters. The average Bonchev–Trinajstić information content (AvgIpc) is 2.52. The van der Waals surface area contributed by atoms with Gasteiger partial charge in [0.25, 0.3) is 0 Å². The summed E-state index contributed by atoms with van der Waals surface area (Å²) in [6.45, 7) is 7.96. The summed E-state index contributed by atoms with van der Waals surface area (Å²) in [6, 6.07) is 0. The van der Waals surface area contributed by atoms with Crippen molar-refractivity contribution in [3.05, 3.63) is 0 Å². The van der Waals surface area contributed by atoms with Gasteiger partial charge in [0.05, 0.1) is 12.0 Å². The van der Waals surface area contributed by atoms with Crippen molar-refractivity contribution in [1.29, 1.82) is 0 Å². The van der Waals surface area contributed by atoms with Crippen molar-refractivity contribution >= 4 is 5.97 Å². The average molecular weight is 242 g/mol. The highest BCUT2D eigenvalue weighted by Crippen LogP contribution is 2.40. The third-order valence-electron chi connectivity index (χ3n) is 4.08. The first kappa shape index (κ1) is 12.8. The lowest BCUT2D eigenvalue weighted by atomic mass is 9.78. The summed E-state index contributed by atoms with van der Waals surface area (Å²) in [7, 11) is 0. The molecule has 0 aromatic heterocycles. The number of fused-ring (bicyclic) bond motifs is 2. The van der Waals surface area contributed by atoms with E-state index in [1.165, 1.54) is 0 Å². The third-order valence-corrected chi connectivity index (χ3v) is 4.08. The van der Waals surface area contributed by atoms with Crippen molar-refractivity contribution in [3.63, 3.8) is 0 Å². The van der Waals surface area contributed by atoms with Gasteiger partial charge in [-0.25, -0.2) is 9.78 Å². The van der Waals surface area contributed by atoms with Crippen LogP contribution in [0.25, 0.3) is 0 Å². The summed E-state index contributed by atoms with van der Waals surface area (Å²) in [6.07, 6.45) is 2.52. The Morgan fingerprint density at radius 1 is 1.35 bits per heavy atom. The summed E-state index contributed by atoms with van der Waals surface area (Å²) < 4.78 is 5.55. The first-order valence-electron chi connectivity index (χ1n) is 6.49. The van der Waals surface area contributed by atoms with Gasteiger partial charge < -0.3 is 4.74 Å². The van der Waals surface area contributed by atoms with Crippen LogP contribution in [0.5, 0.6) is 0 Å². The van der Waals surface area contributed by atoms with E-state index in [9.17, 15) is 4.79 Å². The normalized spacial score (nSPS) is 36.9. The minimum atomic E-state index is -0.392. The van der Waals surface area contributed by atoms with Crippen molar-refractivity contribution in [2.75, 3.05) is 0 Å². The Hall–Kier alpha value is -0.610. The van der Waals surface area contributed by atoms with Crippen LogP contribution in [-0.4, -0.2) is 23.8 Å². The molecule has 0 spiro atoms. The monoisotopic (exact) mass is 242 g/mol. The fraction of sp³-hybridized carbons (Fsp3) is 0.923. The van der Waals surface area contributed by atoms with Crippen molar-refractivity contribution < 1.29 is 19.3 Å². The molecule has 0 aromatic rings. The summed E-state index contributed by atoms with van der Waals surface area (Å²) >= 11 is 0. The van der Waals surface area contributed by atoms with Gasteiger partial charge in [-0.15, -0.1) is 0 Å². The maximum Gasteiger partial charge on any atom is 0.312 e. The lowest BCUT2D eigenvalue weighted by Crippen LogP contribution is -2.41. The van der Waals surface area contributed by atoms with Crippen molar-refractivity contribution in [2.45, 2.75) is 64.8 Å². The van der Waals surface area contributed by atoms with Crippen LogP contribution in [0.2, 0.25) is 0 Å². The van der Waals surface area contributed by atoms with Crippen molar-refractivity contribution in [1.82, 2.24) is 0 Å². The molecule has 0 radical (unpaired) electrons. The molecular weight excluding hydrogens is 220 g/mol. The lowest BCUT2D eigenvalue weighted by molar-refractivity contribution is -0.295. The predicted octanol–water partition coefficient (Wildman–Crippen LogP) is 2.46. The first-order chi connectivity index (χ1) is 7.94. The summed E-state index contributed by atoms with van der Waals surface area (Å²) in [5.74, 6) is -0.0294. The van der Waals surface area contributed by atoms with Crippen LogP contribution in [-0.2, 0) is 19.3 Å². The maximum absolute atomic E-state index is 12.1. The highest BCUT2D eigenvalue weighted by atomic mass is 17.2. The Balaban J connectivity index is 2.00. The van der Waals surface area contributed by atoms with E-state index >= 15 is 0 Å². The van der Waals surface area contributed by atoms with E-state index in [0.717, 1.165) is 19.3 Å². The number of esters is 1. The number of carbonyl (C=O) groups is 1. The number of hydrogen-bond donors (Lipinski definition) is 0. The van der Waals surface area contributed by atoms with Crippen LogP contribution in [0.1, 0.15) is 47.0 Å². The van der Waals surface area contributed by atoms with Crippen LogP contribution in [0, 0.1) is 11.8 Å². The van der Waals surface area contributed by atoms with Crippen molar-refractivity contribution in [2.24, 2.45) is 11.8 Å². The highest BCUT2D eigenvalue weighted by Gasteiger charge is 2.49. The topological polar surface area (TPSA) is 44.8 Å². The quantitative estimate of drug-likeness (QED) is 0.563. The predicted molar refractivity (Wildman–Crippen MR) is 62.1 cm³/mol. The molecule has 4 heteroatoms. The largest absolute Gasteiger partial charge is 0.459 e. The molecule has 4 unspecified atom stereocenters. The van der Waals surface area contributed by atoms with E-state index < -0.39 is 5.60 Å². The molecule has 1 saturated heterocycles. The molecule has 4 nitrogen and oxygen atoms in total. The van der Waals surface area contributed by atoms with E-state index in [4.69, 9.17) is 14.5 Å². The second-order valence-electron chi connectivity index (χ2n) is 5.77. The molecule has 0 N–H and O–H groups in total. The fourth-order valence-electron chi connectivity index (χ4n) is 2.45. The smallest absolute Gasteiger partial charge is 0.312 e. The lowest BCUT2D eigenvalue weighted by Gasteiger charge is -2.31. The first-order valence-corrected chi connectivity index (χ1v) is 6.49. The molecule has 2 rings (SSSR count). The minimum absolute atomic E-state index is 0.131. The van der Waals surface area contributed by atoms with E-state index in [0.29, 0.717) is 0 Å². The molecule has 1 aliphatic carbocycles. The fourth-order valence-corrected chi connectivity index (χ4v) is 2.45. The van der Waals surface area contributed by atoms with Crippen LogP contribution in [0.15, 0.2) is 0 Å². The zero-order valence-electron chi connectivity index (χ0n) is 11.1. The van der Waals surface area contributed by atoms with E-state index in [-0.39, 0.29) is 30.0 Å². The molecule has 0 amide bonds. The van der Waals surface area contributed by atoms with Gasteiger partial charge in [0.15, 0.2) is 0 Å². The molecular formula is C13H22O4. The van der Waals surface area contributed by atoms with Gasteiger partial charge in [0, 0.05) is 5.92 Å². The van der Waals surface area contributed by atoms with Gasteiger partial charge in [-0.2, -0.15) is 0 Å². The molecule has 98 valence electrons. The molecule has 1 saturated carbocycles. The molecule has 17 heavy (non-hydrogen) atoms. The summed E-state index contributed by atoms with van der Waals surface area (Å²) in [5, 5.41) is 0. The summed E-state index contributed by atoms with van der Waals surface area (Å²) in [5.41, 5.74) is -0.392. The highest BCUT2D eigenvalue weighted by molar-refractivity contribution is 5.74. The Morgan fingerprint density at radius 3 is 2.71 bits per heavy atom. The van der Waals surface area contributed by atoms with Gasteiger partial charge >= 0.3 is 5.97 Å². The van der Waals surface area contributed by atoms with Gasteiger partial charge in [0.1, 0.15) is 11.7 Å². The van der Waals surface area contributed by atoms with Gasteiger partial charge in [0.2, 0.25) is 0 Å². The number of hydrogen-bond acceptors (Lipinski definition) is 4. The molecule has 2 aliphatic rings. The zero-order valence-corrected chi connectivity index (χ0v) is 11.1. The van der Waals surface area contributed by atoms with Gasteiger partial charge in [-0.05, 0) is 33.1 Å². The molecule has 1 aliphatic heterocycles. The van der Waals surface area contributed by atoms with Crippen LogP contribution >= 0.6 is 0 Å². The molecule has 0 aromatic carbocycles. The van der Waals surface area contributed by atoms with Crippen LogP contribution < -0.4 is 0 Å². The van der Waals surface area contributed by atoms with Gasteiger partial charge in [-0.3, -0.25) is 4.79 Å². The molecule has 1 heterocycles. The van der Waals surface area contributed by atoms with Crippen LogP contribution in [0.3, 0.4) is 0 Å². The van der Waals surface area contributed by atoms with Gasteiger partial charge in [-0.1, -0.05) is 13.8 Å². The van der Waals surface area contributed by atoms with E-state index in [2.05, 4.69) is 6.92 Å². The molecule has 2 fully saturated rings. The van der Waals surface area contributed by atoms with Crippen molar-refractivity contribution in [3.8, 4) is 0 Å².